The number of nitrogens with zero attached hydrogens (tertiary/aromatic N) is 1. The quantitative estimate of drug-likeness (QED) is 0.699. The second-order valence-corrected chi connectivity index (χ2v) is 6.73. The molecule has 0 fully saturated rings. The molecule has 0 aliphatic heterocycles. The lowest BCUT2D eigenvalue weighted by atomic mass is 10.1. The molecule has 0 aliphatic rings. The van der Waals surface area contributed by atoms with Crippen molar-refractivity contribution in [2.45, 2.75) is 38.8 Å². The van der Waals surface area contributed by atoms with Gasteiger partial charge in [-0.3, -0.25) is 9.59 Å². The van der Waals surface area contributed by atoms with E-state index in [1.165, 1.54) is 19.2 Å². The van der Waals surface area contributed by atoms with Gasteiger partial charge < -0.3 is 25.8 Å². The highest BCUT2D eigenvalue weighted by Crippen LogP contribution is 2.11. The van der Waals surface area contributed by atoms with Crippen molar-refractivity contribution in [2.24, 2.45) is 5.73 Å². The van der Waals surface area contributed by atoms with Gasteiger partial charge in [0.25, 0.3) is 0 Å². The highest BCUT2D eigenvalue weighted by molar-refractivity contribution is 5.88. The Morgan fingerprint density at radius 1 is 1.24 bits per heavy atom. The molecule has 0 spiro atoms. The molecule has 0 heterocycles. The molecule has 0 radical (unpaired) electrons. The number of likely N-dealkylation sites (N-methyl/N-ethyl adjacent to an activating group) is 1. The van der Waals surface area contributed by atoms with Crippen LogP contribution in [0.25, 0.3) is 0 Å². The summed E-state index contributed by atoms with van der Waals surface area (Å²) < 4.78 is 5.15. The third-order valence-corrected chi connectivity index (χ3v) is 3.14. The number of phenolic OH excluding ortho intramolecular Hbond substituents is 1. The Kier molecular flexibility index (Phi) is 6.78. The maximum absolute atomic E-state index is 12.1. The van der Waals surface area contributed by atoms with E-state index >= 15 is 0 Å². The van der Waals surface area contributed by atoms with Crippen LogP contribution in [0.15, 0.2) is 24.3 Å². The SMILES string of the molecule is CN(CC(=O)N[C@@H](Cc1ccc(O)cc1)C(N)=O)C(=O)OC(C)(C)C. The minimum atomic E-state index is -0.927. The zero-order chi connectivity index (χ0) is 19.2. The number of aromatic hydroxyl groups is 1. The van der Waals surface area contributed by atoms with E-state index in [0.29, 0.717) is 0 Å². The van der Waals surface area contributed by atoms with Crippen molar-refractivity contribution in [3.05, 3.63) is 29.8 Å². The number of ether oxygens (including phenoxy) is 1. The van der Waals surface area contributed by atoms with Gasteiger partial charge in [0.05, 0.1) is 0 Å². The van der Waals surface area contributed by atoms with Gasteiger partial charge >= 0.3 is 6.09 Å². The third kappa shape index (κ3) is 7.56. The van der Waals surface area contributed by atoms with Crippen molar-refractivity contribution in [1.82, 2.24) is 10.2 Å². The second kappa shape index (κ2) is 8.36. The van der Waals surface area contributed by atoms with E-state index in [9.17, 15) is 19.5 Å². The molecule has 1 rings (SSSR count). The first kappa shape index (κ1) is 20.3. The van der Waals surface area contributed by atoms with Crippen LogP contribution < -0.4 is 11.1 Å². The van der Waals surface area contributed by atoms with Crippen LogP contribution in [0.1, 0.15) is 26.3 Å². The molecule has 0 unspecified atom stereocenters. The Balaban J connectivity index is 2.63. The van der Waals surface area contributed by atoms with Gasteiger partial charge in [0.1, 0.15) is 23.9 Å². The highest BCUT2D eigenvalue weighted by atomic mass is 16.6. The average Bonchev–Trinajstić information content (AvgIpc) is 2.46. The van der Waals surface area contributed by atoms with Crippen molar-refractivity contribution in [3.8, 4) is 5.75 Å². The monoisotopic (exact) mass is 351 g/mol. The average molecular weight is 351 g/mol. The van der Waals surface area contributed by atoms with Crippen LogP contribution in [-0.2, 0) is 20.7 Å². The lowest BCUT2D eigenvalue weighted by Gasteiger charge is -2.25. The van der Waals surface area contributed by atoms with Gasteiger partial charge in [0.15, 0.2) is 0 Å². The first-order valence-corrected chi connectivity index (χ1v) is 7.78. The molecule has 0 saturated carbocycles. The van der Waals surface area contributed by atoms with Gasteiger partial charge in [0, 0.05) is 13.5 Å². The Hall–Kier alpha value is -2.77. The summed E-state index contributed by atoms with van der Waals surface area (Å²) in [7, 11) is 1.42. The van der Waals surface area contributed by atoms with Gasteiger partial charge in [-0.25, -0.2) is 4.79 Å². The molecular weight excluding hydrogens is 326 g/mol. The summed E-state index contributed by atoms with van der Waals surface area (Å²) in [4.78, 5) is 36.6. The molecule has 25 heavy (non-hydrogen) atoms. The number of hydrogen-bond donors (Lipinski definition) is 3. The molecule has 0 saturated heterocycles. The predicted molar refractivity (Wildman–Crippen MR) is 91.8 cm³/mol. The third-order valence-electron chi connectivity index (χ3n) is 3.14. The van der Waals surface area contributed by atoms with E-state index in [2.05, 4.69) is 5.32 Å². The standard InChI is InChI=1S/C17H25N3O5/c1-17(2,3)25-16(24)20(4)10-14(22)19-13(15(18)23)9-11-5-7-12(21)8-6-11/h5-8,13,21H,9-10H2,1-4H3,(H2,18,23)(H,19,22)/t13-/m0/s1. The maximum atomic E-state index is 12.1. The van der Waals surface area contributed by atoms with Crippen LogP contribution >= 0.6 is 0 Å². The van der Waals surface area contributed by atoms with Gasteiger partial charge in [-0.05, 0) is 38.5 Å². The largest absolute Gasteiger partial charge is 0.508 e. The van der Waals surface area contributed by atoms with Crippen molar-refractivity contribution >= 4 is 17.9 Å². The summed E-state index contributed by atoms with van der Waals surface area (Å²) in [6, 6.07) is 5.29. The topological polar surface area (TPSA) is 122 Å². The molecule has 3 amide bonds. The summed E-state index contributed by atoms with van der Waals surface area (Å²) in [6.45, 7) is 4.90. The number of nitrogens with one attached hydrogen (secondary N) is 1. The normalized spacial score (nSPS) is 12.2. The number of hydrogen-bond acceptors (Lipinski definition) is 5. The first-order valence-electron chi connectivity index (χ1n) is 7.78. The fourth-order valence-electron chi connectivity index (χ4n) is 1.95. The molecule has 4 N–H and O–H groups in total. The minimum Gasteiger partial charge on any atom is -0.508 e. The number of primary amides is 1. The van der Waals surface area contributed by atoms with Crippen molar-refractivity contribution < 1.29 is 24.2 Å². The molecule has 0 aliphatic carbocycles. The summed E-state index contributed by atoms with van der Waals surface area (Å²) in [5, 5.41) is 11.8. The van der Waals surface area contributed by atoms with Gasteiger partial charge in [-0.2, -0.15) is 0 Å². The molecule has 0 aromatic heterocycles. The molecule has 8 heteroatoms. The zero-order valence-electron chi connectivity index (χ0n) is 14.9. The number of amides is 3. The number of nitrogens with two attached hydrogens (primary N) is 1. The zero-order valence-corrected chi connectivity index (χ0v) is 14.9. The van der Waals surface area contributed by atoms with Crippen LogP contribution in [-0.4, -0.2) is 53.1 Å². The maximum Gasteiger partial charge on any atom is 0.410 e. The molecule has 1 atom stereocenters. The van der Waals surface area contributed by atoms with Gasteiger partial charge in [0.2, 0.25) is 11.8 Å². The Labute approximate surface area is 146 Å². The lowest BCUT2D eigenvalue weighted by molar-refractivity contribution is -0.127. The number of benzene rings is 1. The van der Waals surface area contributed by atoms with Crippen LogP contribution in [0, 0.1) is 0 Å². The summed E-state index contributed by atoms with van der Waals surface area (Å²) in [5.41, 5.74) is 5.38. The van der Waals surface area contributed by atoms with E-state index in [1.807, 2.05) is 0 Å². The van der Waals surface area contributed by atoms with Gasteiger partial charge in [-0.15, -0.1) is 0 Å². The number of carbonyl (C=O) groups excluding carboxylic acids is 3. The molecule has 8 nitrogen and oxygen atoms in total. The van der Waals surface area contributed by atoms with E-state index in [-0.39, 0.29) is 18.7 Å². The van der Waals surface area contributed by atoms with Crippen LogP contribution in [0.2, 0.25) is 0 Å². The van der Waals surface area contributed by atoms with Crippen LogP contribution in [0.4, 0.5) is 4.79 Å². The smallest absolute Gasteiger partial charge is 0.410 e. The van der Waals surface area contributed by atoms with E-state index in [4.69, 9.17) is 10.5 Å². The Morgan fingerprint density at radius 3 is 2.28 bits per heavy atom. The summed E-state index contributed by atoms with van der Waals surface area (Å²) in [5.74, 6) is -1.13. The highest BCUT2D eigenvalue weighted by Gasteiger charge is 2.23. The van der Waals surface area contributed by atoms with Crippen molar-refractivity contribution in [2.75, 3.05) is 13.6 Å². The lowest BCUT2D eigenvalue weighted by Crippen LogP contribution is -2.49. The molecule has 1 aromatic rings. The Bertz CT molecular complexity index is 622. The Morgan fingerprint density at radius 2 is 1.80 bits per heavy atom. The van der Waals surface area contributed by atoms with Gasteiger partial charge in [-0.1, -0.05) is 12.1 Å². The summed E-state index contributed by atoms with van der Waals surface area (Å²) >= 11 is 0. The van der Waals surface area contributed by atoms with Crippen molar-refractivity contribution in [3.63, 3.8) is 0 Å². The molecular formula is C17H25N3O5. The molecule has 1 aromatic carbocycles. The summed E-state index contributed by atoms with van der Waals surface area (Å²) in [6.07, 6.45) is -0.464. The minimum absolute atomic E-state index is 0.0994. The fraction of sp³-hybridized carbons (Fsp3) is 0.471. The second-order valence-electron chi connectivity index (χ2n) is 6.73. The number of carbonyl (C=O) groups is 3. The van der Waals surface area contributed by atoms with E-state index in [0.717, 1.165) is 10.5 Å². The fourth-order valence-corrected chi connectivity index (χ4v) is 1.95. The predicted octanol–water partition coefficient (Wildman–Crippen LogP) is 0.772. The number of rotatable bonds is 6. The number of phenols is 1. The molecule has 0 bridgehead atoms. The molecule has 138 valence electrons. The van der Waals surface area contributed by atoms with Crippen molar-refractivity contribution in [1.29, 1.82) is 0 Å². The van der Waals surface area contributed by atoms with E-state index in [1.54, 1.807) is 32.9 Å². The van der Waals surface area contributed by atoms with Crippen LogP contribution in [0.5, 0.6) is 5.75 Å². The van der Waals surface area contributed by atoms with E-state index < -0.39 is 29.6 Å². The van der Waals surface area contributed by atoms with Crippen LogP contribution in [0.3, 0.4) is 0 Å². The first-order chi connectivity index (χ1) is 11.5.